The van der Waals surface area contributed by atoms with Gasteiger partial charge in [-0.05, 0) is 57.1 Å². The smallest absolute Gasteiger partial charge is 0.261 e. The lowest BCUT2D eigenvalue weighted by Gasteiger charge is -2.15. The highest BCUT2D eigenvalue weighted by Gasteiger charge is 2.19. The van der Waals surface area contributed by atoms with Gasteiger partial charge in [0.2, 0.25) is 0 Å². The molecule has 0 atom stereocenters. The summed E-state index contributed by atoms with van der Waals surface area (Å²) in [6, 6.07) is 12.4. The predicted molar refractivity (Wildman–Crippen MR) is 123 cm³/mol. The highest BCUT2D eigenvalue weighted by molar-refractivity contribution is 9.10. The number of nitrogens with one attached hydrogen (secondary N) is 2. The largest absolute Gasteiger partial charge is 0.495 e. The zero-order valence-corrected chi connectivity index (χ0v) is 18.9. The van der Waals surface area contributed by atoms with E-state index in [4.69, 9.17) is 51.8 Å². The molecule has 0 aliphatic heterocycles. The first-order valence-electron chi connectivity index (χ1n) is 7.84. The minimum atomic E-state index is -0.443. The second-order valence-corrected chi connectivity index (χ2v) is 8.10. The van der Waals surface area contributed by atoms with Crippen LogP contribution in [0.1, 0.15) is 10.4 Å². The van der Waals surface area contributed by atoms with Crippen molar-refractivity contribution in [1.82, 2.24) is 5.32 Å². The summed E-state index contributed by atoms with van der Waals surface area (Å²) < 4.78 is 6.11. The van der Waals surface area contributed by atoms with E-state index in [1.807, 2.05) is 24.3 Å². The number of rotatable bonds is 3. The first-order valence-corrected chi connectivity index (χ1v) is 10.2. The topological polar surface area (TPSA) is 50.4 Å². The summed E-state index contributed by atoms with van der Waals surface area (Å²) in [7, 11) is 1.50. The number of thiocarbonyl (C=S) groups is 1. The third kappa shape index (κ3) is 4.36. The molecule has 0 spiro atoms. The third-order valence-corrected chi connectivity index (χ3v) is 5.67. The van der Waals surface area contributed by atoms with E-state index in [2.05, 4.69) is 26.6 Å². The molecule has 3 rings (SSSR count). The van der Waals surface area contributed by atoms with E-state index in [1.165, 1.54) is 19.2 Å². The van der Waals surface area contributed by atoms with E-state index in [-0.39, 0.29) is 15.2 Å². The van der Waals surface area contributed by atoms with E-state index in [1.54, 1.807) is 6.07 Å². The van der Waals surface area contributed by atoms with Gasteiger partial charge in [-0.1, -0.05) is 59.1 Å². The molecular weight excluding hydrogens is 507 g/mol. The monoisotopic (exact) mass is 516 g/mol. The van der Waals surface area contributed by atoms with Crippen LogP contribution in [0.3, 0.4) is 0 Å². The average molecular weight is 519 g/mol. The summed E-state index contributed by atoms with van der Waals surface area (Å²) >= 11 is 26.9. The lowest BCUT2D eigenvalue weighted by molar-refractivity contribution is 0.0975. The Morgan fingerprint density at radius 1 is 1.11 bits per heavy atom. The number of halogens is 4. The first-order chi connectivity index (χ1) is 13.3. The van der Waals surface area contributed by atoms with Crippen molar-refractivity contribution >= 4 is 90.4 Å². The Labute approximate surface area is 190 Å². The lowest BCUT2D eigenvalue weighted by atomic mass is 10.1. The Kier molecular flexibility index (Phi) is 6.68. The second-order valence-electron chi connectivity index (χ2n) is 5.65. The van der Waals surface area contributed by atoms with Crippen LogP contribution in [0, 0.1) is 0 Å². The van der Waals surface area contributed by atoms with Gasteiger partial charge in [0.25, 0.3) is 5.91 Å². The van der Waals surface area contributed by atoms with Crippen molar-refractivity contribution in [3.63, 3.8) is 0 Å². The highest BCUT2D eigenvalue weighted by atomic mass is 79.9. The maximum atomic E-state index is 12.8. The van der Waals surface area contributed by atoms with Crippen LogP contribution in [-0.2, 0) is 0 Å². The summed E-state index contributed by atoms with van der Waals surface area (Å²) in [6.07, 6.45) is 0. The Balaban J connectivity index is 1.88. The van der Waals surface area contributed by atoms with Crippen molar-refractivity contribution in [3.05, 3.63) is 67.6 Å². The molecule has 28 heavy (non-hydrogen) atoms. The van der Waals surface area contributed by atoms with Crippen LogP contribution in [-0.4, -0.2) is 18.1 Å². The highest BCUT2D eigenvalue weighted by Crippen LogP contribution is 2.37. The van der Waals surface area contributed by atoms with Gasteiger partial charge in [-0.2, -0.15) is 0 Å². The average Bonchev–Trinajstić information content (AvgIpc) is 2.64. The van der Waals surface area contributed by atoms with Gasteiger partial charge in [0.1, 0.15) is 5.75 Å². The molecule has 3 aromatic carbocycles. The number of carbonyl (C=O) groups is 1. The number of carbonyl (C=O) groups excluding carboxylic acids is 1. The maximum absolute atomic E-state index is 12.8. The minimum absolute atomic E-state index is 0.0301. The molecule has 0 aliphatic carbocycles. The standard InChI is InChI=1S/C19H12BrCl3N2O2S/c1-27-17-12(6-9-4-2-3-5-11(9)15(17)20)18(26)25-19(28)24-16-13(22)7-10(21)8-14(16)23/h2-8H,1H3,(H2,24,25,26,28). The molecule has 9 heteroatoms. The number of anilines is 1. The fourth-order valence-corrected chi connectivity index (χ4v) is 4.47. The normalized spacial score (nSPS) is 10.6. The quantitative estimate of drug-likeness (QED) is 0.379. The fourth-order valence-electron chi connectivity index (χ4n) is 2.63. The number of ether oxygens (including phenoxy) is 1. The Morgan fingerprint density at radius 3 is 2.39 bits per heavy atom. The lowest BCUT2D eigenvalue weighted by Crippen LogP contribution is -2.34. The van der Waals surface area contributed by atoms with Crippen LogP contribution in [0.25, 0.3) is 10.8 Å². The summed E-state index contributed by atoms with van der Waals surface area (Å²) in [4.78, 5) is 12.8. The van der Waals surface area contributed by atoms with Crippen LogP contribution >= 0.6 is 63.0 Å². The van der Waals surface area contributed by atoms with E-state index in [0.29, 0.717) is 26.5 Å². The molecule has 0 aliphatic rings. The van der Waals surface area contributed by atoms with E-state index >= 15 is 0 Å². The number of hydrogen-bond acceptors (Lipinski definition) is 3. The molecule has 0 saturated carbocycles. The van der Waals surface area contributed by atoms with Gasteiger partial charge in [0, 0.05) is 5.02 Å². The molecule has 0 unspecified atom stereocenters. The number of hydrogen-bond donors (Lipinski definition) is 2. The van der Waals surface area contributed by atoms with Gasteiger partial charge >= 0.3 is 0 Å². The molecule has 0 radical (unpaired) electrons. The van der Waals surface area contributed by atoms with Crippen molar-refractivity contribution in [2.24, 2.45) is 0 Å². The van der Waals surface area contributed by atoms with Gasteiger partial charge in [-0.25, -0.2) is 0 Å². The maximum Gasteiger partial charge on any atom is 0.261 e. The van der Waals surface area contributed by atoms with Crippen LogP contribution in [0.2, 0.25) is 15.1 Å². The van der Waals surface area contributed by atoms with Crippen molar-refractivity contribution in [2.45, 2.75) is 0 Å². The Bertz CT molecular complexity index is 1080. The number of fused-ring (bicyclic) bond motifs is 1. The van der Waals surface area contributed by atoms with Gasteiger partial charge in [0.05, 0.1) is 32.9 Å². The summed E-state index contributed by atoms with van der Waals surface area (Å²) in [5, 5.41) is 8.21. The molecule has 0 saturated heterocycles. The minimum Gasteiger partial charge on any atom is -0.495 e. The zero-order chi connectivity index (χ0) is 20.4. The second kappa shape index (κ2) is 8.84. The summed E-state index contributed by atoms with van der Waals surface area (Å²) in [5.41, 5.74) is 0.676. The fraction of sp³-hybridized carbons (Fsp3) is 0.0526. The molecule has 1 amide bonds. The van der Waals surface area contributed by atoms with Crippen molar-refractivity contribution in [1.29, 1.82) is 0 Å². The molecule has 0 fully saturated rings. The Morgan fingerprint density at radius 2 is 1.75 bits per heavy atom. The van der Waals surface area contributed by atoms with Crippen molar-refractivity contribution in [2.75, 3.05) is 12.4 Å². The molecular formula is C19H12BrCl3N2O2S. The molecule has 0 heterocycles. The Hall–Kier alpha value is -1.57. The van der Waals surface area contributed by atoms with E-state index in [0.717, 1.165) is 10.8 Å². The zero-order valence-electron chi connectivity index (χ0n) is 14.3. The molecule has 144 valence electrons. The van der Waals surface area contributed by atoms with E-state index in [9.17, 15) is 4.79 Å². The van der Waals surface area contributed by atoms with Crippen LogP contribution in [0.4, 0.5) is 5.69 Å². The molecule has 3 aromatic rings. The van der Waals surface area contributed by atoms with Gasteiger partial charge in [-0.15, -0.1) is 0 Å². The first kappa shape index (κ1) is 21.1. The molecule has 0 bridgehead atoms. The van der Waals surface area contributed by atoms with Gasteiger partial charge in [-0.3, -0.25) is 10.1 Å². The number of methoxy groups -OCH3 is 1. The van der Waals surface area contributed by atoms with Crippen LogP contribution in [0.15, 0.2) is 46.9 Å². The molecule has 4 nitrogen and oxygen atoms in total. The SMILES string of the molecule is COc1c(C(=O)NC(=S)Nc2c(Cl)cc(Cl)cc2Cl)cc2ccccc2c1Br. The number of benzene rings is 3. The van der Waals surface area contributed by atoms with Crippen molar-refractivity contribution < 1.29 is 9.53 Å². The van der Waals surface area contributed by atoms with Gasteiger partial charge < -0.3 is 10.1 Å². The third-order valence-electron chi connectivity index (χ3n) is 3.86. The van der Waals surface area contributed by atoms with E-state index < -0.39 is 5.91 Å². The number of amides is 1. The summed E-state index contributed by atoms with van der Waals surface area (Å²) in [6.45, 7) is 0. The molecule has 0 aromatic heterocycles. The summed E-state index contributed by atoms with van der Waals surface area (Å²) in [5.74, 6) is -0.0384. The molecule has 2 N–H and O–H groups in total. The van der Waals surface area contributed by atoms with Crippen LogP contribution in [0.5, 0.6) is 5.75 Å². The van der Waals surface area contributed by atoms with Gasteiger partial charge in [0.15, 0.2) is 5.11 Å². The predicted octanol–water partition coefficient (Wildman–Crippen LogP) is 6.70. The van der Waals surface area contributed by atoms with Crippen LogP contribution < -0.4 is 15.4 Å². The van der Waals surface area contributed by atoms with Crippen molar-refractivity contribution in [3.8, 4) is 5.75 Å².